The van der Waals surface area contributed by atoms with Crippen LogP contribution in [0.4, 0.5) is 0 Å². The van der Waals surface area contributed by atoms with Crippen molar-refractivity contribution in [2.45, 2.75) is 75.8 Å². The first-order chi connectivity index (χ1) is 6.29. The molecule has 0 nitrogen and oxygen atoms in total. The first-order valence-corrected chi connectivity index (χ1v) is 7.61. The Balaban J connectivity index is 1.96. The summed E-state index contributed by atoms with van der Waals surface area (Å²) in [7, 11) is 0.414. The van der Waals surface area contributed by atoms with Crippen molar-refractivity contribution in [3.05, 3.63) is 0 Å². The molecule has 2 fully saturated rings. The third kappa shape index (κ3) is 2.09. The van der Waals surface area contributed by atoms with Gasteiger partial charge in [-0.05, 0) is 42.7 Å². The molecule has 0 bridgehead atoms. The normalized spacial score (nSPS) is 38.3. The third-order valence-electron chi connectivity index (χ3n) is 4.02. The van der Waals surface area contributed by atoms with E-state index < -0.39 is 0 Å². The van der Waals surface area contributed by atoms with E-state index in [2.05, 4.69) is 13.8 Å². The molecular weight excluding hydrogens is 175 g/mol. The van der Waals surface area contributed by atoms with Crippen LogP contribution < -0.4 is 0 Å². The van der Waals surface area contributed by atoms with Crippen molar-refractivity contribution in [1.82, 2.24) is 0 Å². The molecule has 0 aromatic heterocycles. The molecule has 0 amide bonds. The lowest BCUT2D eigenvalue weighted by molar-refractivity contribution is 0.508. The Kier molecular flexibility index (Phi) is 3.30. The van der Waals surface area contributed by atoms with Gasteiger partial charge >= 0.3 is 0 Å². The lowest BCUT2D eigenvalue weighted by atomic mass is 10.0. The van der Waals surface area contributed by atoms with Crippen molar-refractivity contribution >= 4 is 7.92 Å². The zero-order valence-electron chi connectivity index (χ0n) is 9.13. The van der Waals surface area contributed by atoms with Crippen LogP contribution in [0.2, 0.25) is 0 Å². The van der Waals surface area contributed by atoms with Gasteiger partial charge in [-0.15, -0.1) is 0 Å². The topological polar surface area (TPSA) is 0 Å². The van der Waals surface area contributed by atoms with Crippen molar-refractivity contribution in [3.8, 4) is 0 Å². The fourth-order valence-corrected chi connectivity index (χ4v) is 7.48. The maximum absolute atomic E-state index is 2.52. The molecule has 0 N–H and O–H groups in total. The van der Waals surface area contributed by atoms with Gasteiger partial charge in [-0.1, -0.05) is 41.0 Å². The Hall–Kier alpha value is 0.430. The highest BCUT2D eigenvalue weighted by Gasteiger charge is 2.35. The predicted octanol–water partition coefficient (Wildman–Crippen LogP) is 4.37. The monoisotopic (exact) mass is 198 g/mol. The van der Waals surface area contributed by atoms with Gasteiger partial charge in [-0.3, -0.25) is 0 Å². The van der Waals surface area contributed by atoms with Crippen LogP contribution in [0.15, 0.2) is 0 Å². The van der Waals surface area contributed by atoms with E-state index in [4.69, 9.17) is 0 Å². The molecule has 0 spiro atoms. The smallest absolute Gasteiger partial charge is 0.0204 e. The SMILES string of the molecule is C[C@H]1CC[C@H](C)P1C1CCCCC1. The highest BCUT2D eigenvalue weighted by molar-refractivity contribution is 7.60. The van der Waals surface area contributed by atoms with Crippen LogP contribution in [0.1, 0.15) is 58.8 Å². The number of hydrogen-bond acceptors (Lipinski definition) is 0. The molecule has 0 radical (unpaired) electrons. The Morgan fingerprint density at radius 2 is 1.31 bits per heavy atom. The first-order valence-electron chi connectivity index (χ1n) is 6.06. The first kappa shape index (κ1) is 9.97. The van der Waals surface area contributed by atoms with Gasteiger partial charge in [0.2, 0.25) is 0 Å². The Morgan fingerprint density at radius 1 is 0.769 bits per heavy atom. The lowest BCUT2D eigenvalue weighted by Crippen LogP contribution is -2.16. The van der Waals surface area contributed by atoms with E-state index in [1.54, 1.807) is 12.8 Å². The average molecular weight is 198 g/mol. The van der Waals surface area contributed by atoms with Gasteiger partial charge in [0.25, 0.3) is 0 Å². The van der Waals surface area contributed by atoms with Crippen LogP contribution in [0.25, 0.3) is 0 Å². The van der Waals surface area contributed by atoms with Crippen LogP contribution in [-0.2, 0) is 0 Å². The second kappa shape index (κ2) is 4.30. The molecule has 1 saturated carbocycles. The molecule has 2 atom stereocenters. The van der Waals surface area contributed by atoms with E-state index >= 15 is 0 Å². The fraction of sp³-hybridized carbons (Fsp3) is 1.00. The molecule has 1 aliphatic heterocycles. The molecule has 1 heterocycles. The van der Waals surface area contributed by atoms with Crippen LogP contribution in [0.3, 0.4) is 0 Å². The summed E-state index contributed by atoms with van der Waals surface area (Å²) in [4.78, 5) is 0. The molecule has 76 valence electrons. The molecule has 1 heteroatoms. The minimum Gasteiger partial charge on any atom is -0.0977 e. The van der Waals surface area contributed by atoms with Crippen molar-refractivity contribution in [3.63, 3.8) is 0 Å². The molecular formula is C12H23P. The van der Waals surface area contributed by atoms with Gasteiger partial charge in [-0.2, -0.15) is 0 Å². The molecule has 1 saturated heterocycles. The van der Waals surface area contributed by atoms with E-state index in [1.165, 1.54) is 32.1 Å². The van der Waals surface area contributed by atoms with Crippen molar-refractivity contribution in [2.24, 2.45) is 0 Å². The standard InChI is InChI=1S/C12H23P/c1-10-8-9-11(2)13(10)12-6-4-3-5-7-12/h10-12H,3-9H2,1-2H3/t10-,11-/m0/s1. The van der Waals surface area contributed by atoms with E-state index in [1.807, 2.05) is 0 Å². The number of rotatable bonds is 1. The summed E-state index contributed by atoms with van der Waals surface area (Å²) in [5.74, 6) is 0. The highest BCUT2D eigenvalue weighted by atomic mass is 31.1. The van der Waals surface area contributed by atoms with Crippen molar-refractivity contribution < 1.29 is 0 Å². The largest absolute Gasteiger partial charge is 0.0977 e. The summed E-state index contributed by atoms with van der Waals surface area (Å²) in [6.45, 7) is 5.04. The molecule has 2 rings (SSSR count). The Labute approximate surface area is 84.2 Å². The Bertz CT molecular complexity index is 151. The summed E-state index contributed by atoms with van der Waals surface area (Å²) in [6, 6.07) is 0. The Morgan fingerprint density at radius 3 is 1.85 bits per heavy atom. The van der Waals surface area contributed by atoms with E-state index in [0.717, 1.165) is 17.0 Å². The van der Waals surface area contributed by atoms with Crippen LogP contribution in [-0.4, -0.2) is 17.0 Å². The van der Waals surface area contributed by atoms with Crippen LogP contribution in [0, 0.1) is 0 Å². The molecule has 0 unspecified atom stereocenters. The van der Waals surface area contributed by atoms with Crippen molar-refractivity contribution in [1.29, 1.82) is 0 Å². The summed E-state index contributed by atoms with van der Waals surface area (Å²) < 4.78 is 0. The van der Waals surface area contributed by atoms with Crippen molar-refractivity contribution in [2.75, 3.05) is 0 Å². The fourth-order valence-electron chi connectivity index (χ4n) is 3.31. The molecule has 13 heavy (non-hydrogen) atoms. The molecule has 1 aliphatic carbocycles. The highest BCUT2D eigenvalue weighted by Crippen LogP contribution is 2.61. The molecule has 0 aromatic rings. The summed E-state index contributed by atoms with van der Waals surface area (Å²) >= 11 is 0. The van der Waals surface area contributed by atoms with Gasteiger partial charge in [0, 0.05) is 0 Å². The lowest BCUT2D eigenvalue weighted by Gasteiger charge is -2.33. The zero-order chi connectivity index (χ0) is 9.26. The zero-order valence-corrected chi connectivity index (χ0v) is 10.0. The molecule has 0 aromatic carbocycles. The van der Waals surface area contributed by atoms with Gasteiger partial charge in [-0.25, -0.2) is 0 Å². The second-order valence-corrected chi connectivity index (χ2v) is 8.40. The average Bonchev–Trinajstić information content (AvgIpc) is 2.48. The molecule has 2 aliphatic rings. The second-order valence-electron chi connectivity index (χ2n) is 5.01. The van der Waals surface area contributed by atoms with Gasteiger partial charge in [0.05, 0.1) is 0 Å². The van der Waals surface area contributed by atoms with Gasteiger partial charge in [0.1, 0.15) is 0 Å². The predicted molar refractivity (Wildman–Crippen MR) is 62.0 cm³/mol. The minimum atomic E-state index is 0.414. The third-order valence-corrected chi connectivity index (χ3v) is 7.93. The van der Waals surface area contributed by atoms with E-state index in [9.17, 15) is 0 Å². The van der Waals surface area contributed by atoms with Gasteiger partial charge < -0.3 is 0 Å². The van der Waals surface area contributed by atoms with Crippen LogP contribution >= 0.6 is 7.92 Å². The maximum Gasteiger partial charge on any atom is -0.0204 e. The van der Waals surface area contributed by atoms with E-state index in [0.29, 0.717) is 7.92 Å². The van der Waals surface area contributed by atoms with E-state index in [-0.39, 0.29) is 0 Å². The minimum absolute atomic E-state index is 0.414. The maximum atomic E-state index is 2.52. The summed E-state index contributed by atoms with van der Waals surface area (Å²) in [5, 5.41) is 0. The summed E-state index contributed by atoms with van der Waals surface area (Å²) in [5.41, 5.74) is 3.34. The van der Waals surface area contributed by atoms with Gasteiger partial charge in [0.15, 0.2) is 0 Å². The van der Waals surface area contributed by atoms with Crippen LogP contribution in [0.5, 0.6) is 0 Å². The number of hydrogen-bond donors (Lipinski definition) is 0. The summed E-state index contributed by atoms with van der Waals surface area (Å²) in [6.07, 6.45) is 10.8. The quantitative estimate of drug-likeness (QED) is 0.549.